The van der Waals surface area contributed by atoms with Crippen molar-refractivity contribution in [3.05, 3.63) is 75.5 Å². The Kier molecular flexibility index (Phi) is 11.1. The van der Waals surface area contributed by atoms with Crippen LogP contribution in [0.4, 0.5) is 0 Å². The smallest absolute Gasteiger partial charge is 0.283 e. The number of amides is 3. The maximum atomic E-state index is 13.1. The van der Waals surface area contributed by atoms with Crippen LogP contribution in [-0.4, -0.2) is 49.6 Å². The molecule has 1 aromatic heterocycles. The predicted molar refractivity (Wildman–Crippen MR) is 147 cm³/mol. The van der Waals surface area contributed by atoms with Crippen molar-refractivity contribution >= 4 is 29.1 Å². The number of aromatic nitrogens is 1. The molecule has 0 fully saturated rings. The van der Waals surface area contributed by atoms with Crippen LogP contribution >= 0.6 is 11.3 Å². The second kappa shape index (κ2) is 14.7. The second-order valence-corrected chi connectivity index (χ2v) is 9.41. The number of ether oxygens (including phenoxy) is 2. The summed E-state index contributed by atoms with van der Waals surface area (Å²) in [6, 6.07) is 15.1. The van der Waals surface area contributed by atoms with Gasteiger partial charge in [-0.2, -0.15) is 4.99 Å². The Morgan fingerprint density at radius 1 is 0.947 bits per heavy atom. The zero-order valence-electron chi connectivity index (χ0n) is 22.0. The molecule has 38 heavy (non-hydrogen) atoms. The number of aryl methyl sites for hydroxylation is 1. The van der Waals surface area contributed by atoms with Crippen molar-refractivity contribution < 1.29 is 23.9 Å². The number of methoxy groups -OCH3 is 2. The van der Waals surface area contributed by atoms with Gasteiger partial charge in [-0.05, 0) is 43.4 Å². The third-order valence-corrected chi connectivity index (χ3v) is 6.68. The van der Waals surface area contributed by atoms with E-state index in [-0.39, 0.29) is 17.4 Å². The molecule has 9 nitrogen and oxygen atoms in total. The molecule has 0 spiro atoms. The molecule has 0 bridgehead atoms. The average Bonchev–Trinajstić information content (AvgIpc) is 3.32. The quantitative estimate of drug-likeness (QED) is 0.323. The molecule has 202 valence electrons. The van der Waals surface area contributed by atoms with Crippen LogP contribution in [0.15, 0.2) is 58.9 Å². The maximum Gasteiger partial charge on any atom is 0.283 e. The fourth-order valence-corrected chi connectivity index (χ4v) is 4.74. The Morgan fingerprint density at radius 3 is 2.42 bits per heavy atom. The summed E-state index contributed by atoms with van der Waals surface area (Å²) in [6.45, 7) is 2.85. The van der Waals surface area contributed by atoms with Crippen molar-refractivity contribution in [3.63, 3.8) is 0 Å². The van der Waals surface area contributed by atoms with Crippen molar-refractivity contribution in [2.24, 2.45) is 4.99 Å². The Morgan fingerprint density at radius 2 is 1.71 bits per heavy atom. The summed E-state index contributed by atoms with van der Waals surface area (Å²) in [5.41, 5.74) is 1.99. The van der Waals surface area contributed by atoms with E-state index in [0.29, 0.717) is 48.0 Å². The van der Waals surface area contributed by atoms with Crippen LogP contribution in [0.5, 0.6) is 11.5 Å². The molecule has 10 heteroatoms. The third-order valence-electron chi connectivity index (χ3n) is 5.82. The van der Waals surface area contributed by atoms with Crippen LogP contribution in [0.3, 0.4) is 0 Å². The number of benzene rings is 2. The van der Waals surface area contributed by atoms with Gasteiger partial charge in [-0.25, -0.2) is 0 Å². The van der Waals surface area contributed by atoms with Crippen LogP contribution < -0.4 is 24.9 Å². The van der Waals surface area contributed by atoms with Crippen LogP contribution in [0.25, 0.3) is 0 Å². The molecule has 0 aliphatic carbocycles. The summed E-state index contributed by atoms with van der Waals surface area (Å²) in [6.07, 6.45) is 3.34. The van der Waals surface area contributed by atoms with E-state index in [4.69, 9.17) is 9.47 Å². The minimum Gasteiger partial charge on any atom is -0.497 e. The summed E-state index contributed by atoms with van der Waals surface area (Å²) in [5, 5.41) is 7.44. The molecule has 0 atom stereocenters. The van der Waals surface area contributed by atoms with Crippen molar-refractivity contribution in [2.75, 3.05) is 27.3 Å². The van der Waals surface area contributed by atoms with Gasteiger partial charge in [-0.15, -0.1) is 11.3 Å². The number of unbranched alkanes of at least 4 members (excludes halogenated alkanes) is 1. The topological polar surface area (TPSA) is 111 Å². The van der Waals surface area contributed by atoms with Crippen molar-refractivity contribution in [2.45, 2.75) is 39.2 Å². The summed E-state index contributed by atoms with van der Waals surface area (Å²) >= 11 is 1.22. The van der Waals surface area contributed by atoms with Gasteiger partial charge >= 0.3 is 0 Å². The average molecular weight is 539 g/mol. The first-order valence-electron chi connectivity index (χ1n) is 12.5. The highest BCUT2D eigenvalue weighted by Gasteiger charge is 2.17. The fourth-order valence-electron chi connectivity index (χ4n) is 3.83. The molecule has 0 unspecified atom stereocenters. The molecular formula is C28H34N4O5S. The lowest BCUT2D eigenvalue weighted by molar-refractivity contribution is -0.118. The summed E-state index contributed by atoms with van der Waals surface area (Å²) in [7, 11) is 3.01. The number of rotatable bonds is 13. The van der Waals surface area contributed by atoms with Gasteiger partial charge in [0.1, 0.15) is 17.2 Å². The number of nitrogens with one attached hydrogen (secondary N) is 2. The van der Waals surface area contributed by atoms with Gasteiger partial charge in [0.25, 0.3) is 11.8 Å². The highest BCUT2D eigenvalue weighted by Crippen LogP contribution is 2.25. The molecule has 0 saturated heterocycles. The first-order chi connectivity index (χ1) is 18.4. The summed E-state index contributed by atoms with van der Waals surface area (Å²) < 4.78 is 12.3. The minimum atomic E-state index is -0.491. The van der Waals surface area contributed by atoms with Gasteiger partial charge in [0.15, 0.2) is 4.80 Å². The number of hydrogen-bond donors (Lipinski definition) is 2. The fraction of sp³-hybridized carbons (Fsp3) is 0.357. The molecule has 3 rings (SSSR count). The van der Waals surface area contributed by atoms with Crippen molar-refractivity contribution in [1.29, 1.82) is 0 Å². The van der Waals surface area contributed by atoms with E-state index in [1.807, 2.05) is 18.2 Å². The van der Waals surface area contributed by atoms with Gasteiger partial charge in [0.05, 0.1) is 19.8 Å². The van der Waals surface area contributed by atoms with Crippen LogP contribution in [0.1, 0.15) is 52.6 Å². The molecular weight excluding hydrogens is 504 g/mol. The van der Waals surface area contributed by atoms with Gasteiger partial charge in [0, 0.05) is 38.0 Å². The predicted octanol–water partition coefficient (Wildman–Crippen LogP) is 3.59. The number of nitrogens with zero attached hydrogens (tertiary/aromatic N) is 2. The first kappa shape index (κ1) is 28.6. The zero-order chi connectivity index (χ0) is 27.3. The van der Waals surface area contributed by atoms with Gasteiger partial charge < -0.3 is 24.7 Å². The van der Waals surface area contributed by atoms with Crippen LogP contribution in [-0.2, 0) is 17.8 Å². The Labute approximate surface area is 226 Å². The summed E-state index contributed by atoms with van der Waals surface area (Å²) in [4.78, 5) is 42.0. The molecule has 2 aromatic carbocycles. The lowest BCUT2D eigenvalue weighted by Gasteiger charge is -2.10. The van der Waals surface area contributed by atoms with Crippen molar-refractivity contribution in [1.82, 2.24) is 15.2 Å². The third kappa shape index (κ3) is 8.31. The zero-order valence-corrected chi connectivity index (χ0v) is 22.8. The van der Waals surface area contributed by atoms with Gasteiger partial charge in [-0.1, -0.05) is 30.3 Å². The number of carbonyl (C=O) groups is 3. The second-order valence-electron chi connectivity index (χ2n) is 8.57. The van der Waals surface area contributed by atoms with E-state index in [1.54, 1.807) is 28.1 Å². The lowest BCUT2D eigenvalue weighted by Crippen LogP contribution is -2.31. The number of hydrogen-bond acceptors (Lipinski definition) is 6. The number of carbonyl (C=O) groups excluding carboxylic acids is 3. The Balaban J connectivity index is 1.74. The molecule has 2 N–H and O–H groups in total. The van der Waals surface area contributed by atoms with E-state index in [1.165, 1.54) is 38.0 Å². The monoisotopic (exact) mass is 538 g/mol. The first-order valence-corrected chi connectivity index (χ1v) is 13.4. The molecule has 0 aliphatic heterocycles. The molecule has 0 aliphatic rings. The largest absolute Gasteiger partial charge is 0.497 e. The Bertz CT molecular complexity index is 1300. The maximum absolute atomic E-state index is 13.1. The lowest BCUT2D eigenvalue weighted by atomic mass is 10.1. The highest BCUT2D eigenvalue weighted by atomic mass is 32.1. The number of thiazole rings is 1. The van der Waals surface area contributed by atoms with E-state index in [0.717, 1.165) is 19.3 Å². The Hall–Kier alpha value is -3.92. The molecule has 0 saturated carbocycles. The van der Waals surface area contributed by atoms with E-state index in [2.05, 4.69) is 27.8 Å². The van der Waals surface area contributed by atoms with E-state index < -0.39 is 5.91 Å². The molecule has 1 heterocycles. The SMILES string of the molecule is COc1ccc(C(=O)/N=c2\scc(C(=O)NCCCCc3ccccc3)n2CCCNC(C)=O)c(OC)c1. The molecule has 3 aromatic rings. The minimum absolute atomic E-state index is 0.125. The van der Waals surface area contributed by atoms with Gasteiger partial charge in [-0.3, -0.25) is 14.4 Å². The van der Waals surface area contributed by atoms with Crippen LogP contribution in [0.2, 0.25) is 0 Å². The molecule has 3 amide bonds. The van der Waals surface area contributed by atoms with E-state index >= 15 is 0 Å². The molecule has 0 radical (unpaired) electrons. The normalized spacial score (nSPS) is 11.2. The van der Waals surface area contributed by atoms with Crippen LogP contribution in [0, 0.1) is 0 Å². The van der Waals surface area contributed by atoms with Gasteiger partial charge in [0.2, 0.25) is 5.91 Å². The summed E-state index contributed by atoms with van der Waals surface area (Å²) in [5.74, 6) is 0.0670. The highest BCUT2D eigenvalue weighted by molar-refractivity contribution is 7.07. The van der Waals surface area contributed by atoms with E-state index in [9.17, 15) is 14.4 Å². The van der Waals surface area contributed by atoms with Crippen molar-refractivity contribution in [3.8, 4) is 11.5 Å². The standard InChI is InChI=1S/C28H34N4O5S/c1-20(33)29-16-9-17-32-24(27(35)30-15-8-7-12-21-10-5-4-6-11-21)19-38-28(32)31-26(34)23-14-13-22(36-2)18-25(23)37-3/h4-6,10-11,13-14,18-19H,7-9,12,15-17H2,1-3H3,(H,29,33)(H,30,35)/b31-28-.